The van der Waals surface area contributed by atoms with Gasteiger partial charge in [0.2, 0.25) is 0 Å². The van der Waals surface area contributed by atoms with Crippen LogP contribution in [0.2, 0.25) is 0 Å². The van der Waals surface area contributed by atoms with Gasteiger partial charge in [0, 0.05) is 12.1 Å². The summed E-state index contributed by atoms with van der Waals surface area (Å²) in [6.45, 7) is 8.91. The van der Waals surface area contributed by atoms with Crippen LogP contribution in [0.15, 0.2) is 54.1 Å². The lowest BCUT2D eigenvalue weighted by Gasteiger charge is -2.25. The summed E-state index contributed by atoms with van der Waals surface area (Å²) in [6.07, 6.45) is 0.904. The van der Waals surface area contributed by atoms with Crippen LogP contribution in [0.1, 0.15) is 49.9 Å². The third-order valence-corrected chi connectivity index (χ3v) is 5.35. The van der Waals surface area contributed by atoms with Gasteiger partial charge >= 0.3 is 0 Å². The molecule has 1 heterocycles. The highest BCUT2D eigenvalue weighted by atomic mass is 16.5. The van der Waals surface area contributed by atoms with Gasteiger partial charge in [0.25, 0.3) is 11.7 Å². The van der Waals surface area contributed by atoms with Gasteiger partial charge in [0.15, 0.2) is 0 Å². The standard InChI is InChI=1S/C26H31NO5/c1-5-14-32-21-12-11-20(16-18(21)4)24(28)22-23(19-9-7-6-8-10-19)27(26(30)25(22)29)13-15-31-17(2)3/h6-12,16-17,23,28H,5,13-15H2,1-4H3/b24-22-. The third-order valence-electron chi connectivity index (χ3n) is 5.35. The normalized spacial score (nSPS) is 17.9. The molecule has 0 radical (unpaired) electrons. The molecule has 170 valence electrons. The van der Waals surface area contributed by atoms with Crippen LogP contribution >= 0.6 is 0 Å². The fraction of sp³-hybridized carbons (Fsp3) is 0.385. The molecule has 1 unspecified atom stereocenters. The number of carbonyl (C=O) groups excluding carboxylic acids is 2. The Morgan fingerprint density at radius 2 is 1.81 bits per heavy atom. The first-order valence-corrected chi connectivity index (χ1v) is 11.0. The number of ketones is 1. The molecule has 2 aromatic carbocycles. The Morgan fingerprint density at radius 3 is 2.44 bits per heavy atom. The number of Topliss-reactive ketones (excluding diaryl/α,β-unsaturated/α-hetero) is 1. The molecule has 1 saturated heterocycles. The second-order valence-electron chi connectivity index (χ2n) is 8.15. The van der Waals surface area contributed by atoms with Gasteiger partial charge in [0.1, 0.15) is 11.5 Å². The highest BCUT2D eigenvalue weighted by Crippen LogP contribution is 2.39. The van der Waals surface area contributed by atoms with Crippen molar-refractivity contribution in [1.29, 1.82) is 0 Å². The van der Waals surface area contributed by atoms with Gasteiger partial charge < -0.3 is 19.5 Å². The van der Waals surface area contributed by atoms with Gasteiger partial charge in [-0.05, 0) is 56.5 Å². The van der Waals surface area contributed by atoms with Crippen molar-refractivity contribution in [3.63, 3.8) is 0 Å². The Bertz CT molecular complexity index is 997. The van der Waals surface area contributed by atoms with E-state index < -0.39 is 17.7 Å². The second-order valence-corrected chi connectivity index (χ2v) is 8.15. The molecule has 0 aromatic heterocycles. The van der Waals surface area contributed by atoms with Crippen LogP contribution < -0.4 is 4.74 Å². The van der Waals surface area contributed by atoms with Crippen molar-refractivity contribution in [2.24, 2.45) is 0 Å². The molecular weight excluding hydrogens is 406 g/mol. The Balaban J connectivity index is 2.03. The van der Waals surface area contributed by atoms with Gasteiger partial charge in [-0.3, -0.25) is 9.59 Å². The molecule has 0 saturated carbocycles. The first kappa shape index (κ1) is 23.5. The van der Waals surface area contributed by atoms with Crippen LogP contribution in [0.4, 0.5) is 0 Å². The van der Waals surface area contributed by atoms with Crippen molar-refractivity contribution in [2.75, 3.05) is 19.8 Å². The molecule has 1 amide bonds. The number of amides is 1. The van der Waals surface area contributed by atoms with Gasteiger partial charge in [-0.2, -0.15) is 0 Å². The predicted octanol–water partition coefficient (Wildman–Crippen LogP) is 4.63. The molecule has 1 aliphatic rings. The minimum Gasteiger partial charge on any atom is -0.507 e. The van der Waals surface area contributed by atoms with Crippen LogP contribution in [-0.4, -0.2) is 47.6 Å². The maximum absolute atomic E-state index is 13.0. The third kappa shape index (κ3) is 5.02. The topological polar surface area (TPSA) is 76.1 Å². The Kier molecular flexibility index (Phi) is 7.70. The van der Waals surface area contributed by atoms with Gasteiger partial charge in [-0.15, -0.1) is 0 Å². The number of rotatable bonds is 9. The number of ether oxygens (including phenoxy) is 2. The van der Waals surface area contributed by atoms with Crippen LogP contribution in [0.3, 0.4) is 0 Å². The molecule has 1 fully saturated rings. The number of hydrogen-bond donors (Lipinski definition) is 1. The van der Waals surface area contributed by atoms with E-state index in [0.717, 1.165) is 23.3 Å². The van der Waals surface area contributed by atoms with Crippen molar-refractivity contribution in [1.82, 2.24) is 4.90 Å². The number of hydrogen-bond acceptors (Lipinski definition) is 5. The molecule has 0 spiro atoms. The largest absolute Gasteiger partial charge is 0.507 e. The minimum absolute atomic E-state index is 0.0124. The van der Waals surface area contributed by atoms with Crippen LogP contribution in [0, 0.1) is 6.92 Å². The van der Waals surface area contributed by atoms with E-state index in [1.807, 2.05) is 58.0 Å². The van der Waals surface area contributed by atoms with E-state index in [0.29, 0.717) is 18.8 Å². The maximum atomic E-state index is 13.0. The smallest absolute Gasteiger partial charge is 0.295 e. The van der Waals surface area contributed by atoms with Gasteiger partial charge in [-0.1, -0.05) is 37.3 Å². The fourth-order valence-corrected chi connectivity index (χ4v) is 3.81. The first-order valence-electron chi connectivity index (χ1n) is 11.0. The lowest BCUT2D eigenvalue weighted by Crippen LogP contribution is -2.33. The number of nitrogens with zero attached hydrogens (tertiary/aromatic N) is 1. The van der Waals surface area contributed by atoms with E-state index in [4.69, 9.17) is 9.47 Å². The van der Waals surface area contributed by atoms with Crippen LogP contribution in [-0.2, 0) is 14.3 Å². The van der Waals surface area contributed by atoms with E-state index in [9.17, 15) is 14.7 Å². The molecule has 6 heteroatoms. The molecule has 1 aliphatic heterocycles. The maximum Gasteiger partial charge on any atom is 0.295 e. The van der Waals surface area contributed by atoms with E-state index in [1.165, 1.54) is 4.90 Å². The molecule has 0 aliphatic carbocycles. The average Bonchev–Trinajstić information content (AvgIpc) is 3.03. The zero-order valence-corrected chi connectivity index (χ0v) is 19.1. The van der Waals surface area contributed by atoms with E-state index in [2.05, 4.69) is 0 Å². The quantitative estimate of drug-likeness (QED) is 0.352. The lowest BCUT2D eigenvalue weighted by atomic mass is 9.95. The number of carbonyl (C=O) groups is 2. The summed E-state index contributed by atoms with van der Waals surface area (Å²) >= 11 is 0. The van der Waals surface area contributed by atoms with Crippen LogP contribution in [0.25, 0.3) is 5.76 Å². The summed E-state index contributed by atoms with van der Waals surface area (Å²) < 4.78 is 11.3. The molecule has 2 aromatic rings. The SMILES string of the molecule is CCCOc1ccc(/C(O)=C2/C(=O)C(=O)N(CCOC(C)C)C2c2ccccc2)cc1C. The summed E-state index contributed by atoms with van der Waals surface area (Å²) in [6, 6.07) is 13.9. The van der Waals surface area contributed by atoms with E-state index >= 15 is 0 Å². The molecule has 0 bridgehead atoms. The Morgan fingerprint density at radius 1 is 1.09 bits per heavy atom. The molecule has 1 N–H and O–H groups in total. The van der Waals surface area contributed by atoms with E-state index in [1.54, 1.807) is 18.2 Å². The number of benzene rings is 2. The highest BCUT2D eigenvalue weighted by molar-refractivity contribution is 6.46. The number of aliphatic hydroxyl groups is 1. The van der Waals surface area contributed by atoms with Crippen molar-refractivity contribution in [2.45, 2.75) is 46.3 Å². The van der Waals surface area contributed by atoms with Gasteiger partial charge in [0.05, 0.1) is 30.9 Å². The predicted molar refractivity (Wildman–Crippen MR) is 124 cm³/mol. The molecule has 6 nitrogen and oxygen atoms in total. The van der Waals surface area contributed by atoms with Crippen LogP contribution in [0.5, 0.6) is 5.75 Å². The summed E-state index contributed by atoms with van der Waals surface area (Å²) in [5.41, 5.74) is 2.17. The summed E-state index contributed by atoms with van der Waals surface area (Å²) in [5.74, 6) is -0.777. The van der Waals surface area contributed by atoms with Gasteiger partial charge in [-0.25, -0.2) is 0 Å². The summed E-state index contributed by atoms with van der Waals surface area (Å²) in [4.78, 5) is 27.4. The number of likely N-dealkylation sites (tertiary alicyclic amines) is 1. The van der Waals surface area contributed by atoms with E-state index in [-0.39, 0.29) is 24.0 Å². The van der Waals surface area contributed by atoms with Crippen molar-refractivity contribution >= 4 is 17.4 Å². The molecule has 32 heavy (non-hydrogen) atoms. The average molecular weight is 438 g/mol. The molecule has 1 atom stereocenters. The highest BCUT2D eigenvalue weighted by Gasteiger charge is 2.45. The number of aliphatic hydroxyl groups excluding tert-OH is 1. The zero-order valence-electron chi connectivity index (χ0n) is 19.1. The monoisotopic (exact) mass is 437 g/mol. The first-order chi connectivity index (χ1) is 15.3. The second kappa shape index (κ2) is 10.5. The minimum atomic E-state index is -0.690. The van der Waals surface area contributed by atoms with Crippen molar-refractivity contribution in [3.05, 3.63) is 70.8 Å². The Labute approximate surface area is 189 Å². The van der Waals surface area contributed by atoms with Crippen molar-refractivity contribution in [3.8, 4) is 5.75 Å². The zero-order chi connectivity index (χ0) is 23.3. The molecule has 3 rings (SSSR count). The summed E-state index contributed by atoms with van der Waals surface area (Å²) in [7, 11) is 0. The fourth-order valence-electron chi connectivity index (χ4n) is 3.81. The number of aryl methyl sites for hydroxylation is 1. The summed E-state index contributed by atoms with van der Waals surface area (Å²) in [5, 5.41) is 11.2. The Hall–Kier alpha value is -3.12. The van der Waals surface area contributed by atoms with Crippen molar-refractivity contribution < 1.29 is 24.2 Å². The molecular formula is C26H31NO5. The lowest BCUT2D eigenvalue weighted by molar-refractivity contribution is -0.140.